The highest BCUT2D eigenvalue weighted by Gasteiger charge is 2.42. The topological polar surface area (TPSA) is 83.6 Å². The molecule has 1 N–H and O–H groups in total. The van der Waals surface area contributed by atoms with Crippen LogP contribution in [-0.2, 0) is 19.4 Å². The summed E-state index contributed by atoms with van der Waals surface area (Å²) in [6, 6.07) is 9.81. The number of rotatable bonds is 5. The van der Waals surface area contributed by atoms with Crippen molar-refractivity contribution in [3.05, 3.63) is 35.9 Å². The van der Waals surface area contributed by atoms with Gasteiger partial charge in [-0.25, -0.2) is 8.42 Å². The van der Waals surface area contributed by atoms with Crippen molar-refractivity contribution in [2.24, 2.45) is 11.8 Å². The number of carbonyl (C=O) groups is 2. The number of carbonyl (C=O) groups excluding carboxylic acids is 2. The van der Waals surface area contributed by atoms with Crippen molar-refractivity contribution in [1.29, 1.82) is 0 Å². The Hall–Kier alpha value is -1.89. The van der Waals surface area contributed by atoms with Gasteiger partial charge in [-0.2, -0.15) is 0 Å². The maximum absolute atomic E-state index is 13.1. The molecule has 0 radical (unpaired) electrons. The number of hydrogen-bond donors (Lipinski definition) is 1. The summed E-state index contributed by atoms with van der Waals surface area (Å²) in [6.45, 7) is 0.330. The third kappa shape index (κ3) is 4.65. The van der Waals surface area contributed by atoms with Crippen molar-refractivity contribution in [3.8, 4) is 0 Å². The first kappa shape index (κ1) is 20.4. The van der Waals surface area contributed by atoms with Crippen LogP contribution < -0.4 is 5.32 Å². The predicted molar refractivity (Wildman–Crippen MR) is 111 cm³/mol. The molecule has 3 atom stereocenters. The molecule has 3 aliphatic rings. The molecule has 0 bridgehead atoms. The summed E-state index contributed by atoms with van der Waals surface area (Å²) in [4.78, 5) is 27.2. The maximum atomic E-state index is 13.1. The lowest BCUT2D eigenvalue weighted by Gasteiger charge is -2.32. The van der Waals surface area contributed by atoms with Gasteiger partial charge in [-0.15, -0.1) is 0 Å². The van der Waals surface area contributed by atoms with E-state index < -0.39 is 15.8 Å². The number of nitrogens with one attached hydrogen (secondary N) is 1. The highest BCUT2D eigenvalue weighted by molar-refractivity contribution is 7.91. The SMILES string of the molecule is O=C(N[C@H](c1ccccc1)C1CCCCC1)[C@H]1CC(=O)N([C@@H]2CCS(=O)(=O)C2)C1. The van der Waals surface area contributed by atoms with Gasteiger partial charge in [0.1, 0.15) is 0 Å². The molecule has 4 rings (SSSR count). The minimum Gasteiger partial charge on any atom is -0.349 e. The Bertz CT molecular complexity index is 849. The molecule has 158 valence electrons. The van der Waals surface area contributed by atoms with E-state index in [1.54, 1.807) is 4.90 Å². The van der Waals surface area contributed by atoms with Crippen LogP contribution in [-0.4, -0.2) is 49.2 Å². The lowest BCUT2D eigenvalue weighted by molar-refractivity contribution is -0.130. The summed E-state index contributed by atoms with van der Waals surface area (Å²) in [5, 5.41) is 3.26. The van der Waals surface area contributed by atoms with Gasteiger partial charge >= 0.3 is 0 Å². The molecular weight excluding hydrogens is 388 g/mol. The molecule has 2 heterocycles. The molecule has 29 heavy (non-hydrogen) atoms. The number of hydrogen-bond acceptors (Lipinski definition) is 4. The number of benzene rings is 1. The van der Waals surface area contributed by atoms with Crippen molar-refractivity contribution in [3.63, 3.8) is 0 Å². The molecule has 0 aromatic heterocycles. The molecule has 1 aliphatic carbocycles. The third-order valence-corrected chi connectivity index (χ3v) is 8.51. The molecule has 1 saturated carbocycles. The van der Waals surface area contributed by atoms with Crippen molar-refractivity contribution < 1.29 is 18.0 Å². The fourth-order valence-electron chi connectivity index (χ4n) is 5.15. The van der Waals surface area contributed by atoms with E-state index in [1.165, 1.54) is 19.3 Å². The molecule has 3 fully saturated rings. The van der Waals surface area contributed by atoms with E-state index in [1.807, 2.05) is 18.2 Å². The highest BCUT2D eigenvalue weighted by Crippen LogP contribution is 2.35. The van der Waals surface area contributed by atoms with Crippen molar-refractivity contribution >= 4 is 21.7 Å². The highest BCUT2D eigenvalue weighted by atomic mass is 32.2. The van der Waals surface area contributed by atoms with Gasteiger partial charge in [0, 0.05) is 19.0 Å². The molecular formula is C22H30N2O4S. The third-order valence-electron chi connectivity index (χ3n) is 6.76. The van der Waals surface area contributed by atoms with Gasteiger partial charge < -0.3 is 10.2 Å². The van der Waals surface area contributed by atoms with E-state index in [2.05, 4.69) is 17.4 Å². The molecule has 0 unspecified atom stereocenters. The Balaban J connectivity index is 1.44. The monoisotopic (exact) mass is 418 g/mol. The van der Waals surface area contributed by atoms with Crippen molar-refractivity contribution in [2.75, 3.05) is 18.1 Å². The summed E-state index contributed by atoms with van der Waals surface area (Å²) in [5.74, 6) is 0.00362. The second-order valence-corrected chi connectivity index (χ2v) is 11.0. The molecule has 1 aromatic rings. The van der Waals surface area contributed by atoms with Crippen LogP contribution in [0.3, 0.4) is 0 Å². The van der Waals surface area contributed by atoms with Crippen LogP contribution in [0.2, 0.25) is 0 Å². The van der Waals surface area contributed by atoms with Gasteiger partial charge in [0.2, 0.25) is 11.8 Å². The largest absolute Gasteiger partial charge is 0.349 e. The molecule has 2 saturated heterocycles. The predicted octanol–water partition coefficient (Wildman–Crippen LogP) is 2.46. The Morgan fingerprint density at radius 2 is 1.79 bits per heavy atom. The Morgan fingerprint density at radius 1 is 1.07 bits per heavy atom. The molecule has 0 spiro atoms. The van der Waals surface area contributed by atoms with Crippen LogP contribution in [0.15, 0.2) is 30.3 Å². The Kier molecular flexibility index (Phi) is 5.95. The van der Waals surface area contributed by atoms with Gasteiger partial charge in [-0.1, -0.05) is 49.6 Å². The number of likely N-dealkylation sites (tertiary alicyclic amines) is 1. The summed E-state index contributed by atoms with van der Waals surface area (Å²) < 4.78 is 23.6. The normalized spacial score (nSPS) is 28.4. The minimum atomic E-state index is -3.06. The first-order valence-corrected chi connectivity index (χ1v) is 12.6. The van der Waals surface area contributed by atoms with Gasteiger partial charge in [0.15, 0.2) is 9.84 Å². The van der Waals surface area contributed by atoms with Crippen LogP contribution in [0.4, 0.5) is 0 Å². The van der Waals surface area contributed by atoms with Crippen LogP contribution in [0.25, 0.3) is 0 Å². The second-order valence-electron chi connectivity index (χ2n) is 8.80. The Labute approximate surface area is 173 Å². The zero-order valence-electron chi connectivity index (χ0n) is 16.8. The minimum absolute atomic E-state index is 0.0278. The zero-order valence-corrected chi connectivity index (χ0v) is 17.6. The Morgan fingerprint density at radius 3 is 2.45 bits per heavy atom. The lowest BCUT2D eigenvalue weighted by atomic mass is 9.81. The lowest BCUT2D eigenvalue weighted by Crippen LogP contribution is -2.41. The first-order chi connectivity index (χ1) is 13.9. The average molecular weight is 419 g/mol. The quantitative estimate of drug-likeness (QED) is 0.796. The molecule has 2 amide bonds. The van der Waals surface area contributed by atoms with Crippen molar-refractivity contribution in [1.82, 2.24) is 10.2 Å². The van der Waals surface area contributed by atoms with Crippen LogP contribution >= 0.6 is 0 Å². The first-order valence-electron chi connectivity index (χ1n) is 10.8. The smallest absolute Gasteiger partial charge is 0.225 e. The number of amides is 2. The average Bonchev–Trinajstić information content (AvgIpc) is 3.29. The fourth-order valence-corrected chi connectivity index (χ4v) is 6.88. The molecule has 1 aromatic carbocycles. The van der Waals surface area contributed by atoms with Gasteiger partial charge in [0.25, 0.3) is 0 Å². The number of sulfone groups is 1. The van der Waals surface area contributed by atoms with Gasteiger partial charge in [-0.3, -0.25) is 9.59 Å². The van der Waals surface area contributed by atoms with E-state index in [9.17, 15) is 18.0 Å². The fraction of sp³-hybridized carbons (Fsp3) is 0.636. The van der Waals surface area contributed by atoms with Crippen molar-refractivity contribution in [2.45, 2.75) is 57.0 Å². The van der Waals surface area contributed by atoms with E-state index >= 15 is 0 Å². The summed E-state index contributed by atoms with van der Waals surface area (Å²) in [6.07, 6.45) is 6.50. The van der Waals surface area contributed by atoms with E-state index in [0.717, 1.165) is 18.4 Å². The standard InChI is InChI=1S/C22H30N2O4S/c25-20-13-18(14-24(20)19-11-12-29(27,28)15-19)22(26)23-21(16-7-3-1-4-8-16)17-9-5-2-6-10-17/h1,3-4,7-8,17-19,21H,2,5-6,9-15H2,(H,23,26)/t18-,19+,21+/m0/s1. The number of nitrogens with zero attached hydrogens (tertiary/aromatic N) is 1. The zero-order chi connectivity index (χ0) is 20.4. The molecule has 6 nitrogen and oxygen atoms in total. The van der Waals surface area contributed by atoms with Crippen LogP contribution in [0.1, 0.15) is 56.6 Å². The summed E-state index contributed by atoms with van der Waals surface area (Å²) in [5.41, 5.74) is 1.12. The van der Waals surface area contributed by atoms with E-state index in [-0.39, 0.29) is 41.8 Å². The van der Waals surface area contributed by atoms with E-state index in [4.69, 9.17) is 0 Å². The van der Waals surface area contributed by atoms with E-state index in [0.29, 0.717) is 18.9 Å². The van der Waals surface area contributed by atoms with Crippen LogP contribution in [0.5, 0.6) is 0 Å². The van der Waals surface area contributed by atoms with Gasteiger partial charge in [-0.05, 0) is 30.7 Å². The maximum Gasteiger partial charge on any atom is 0.225 e. The summed E-state index contributed by atoms with van der Waals surface area (Å²) in [7, 11) is -3.06. The summed E-state index contributed by atoms with van der Waals surface area (Å²) >= 11 is 0. The molecule has 2 aliphatic heterocycles. The molecule has 7 heteroatoms. The van der Waals surface area contributed by atoms with Crippen LogP contribution in [0, 0.1) is 11.8 Å². The second kappa shape index (κ2) is 8.46. The van der Waals surface area contributed by atoms with Gasteiger partial charge in [0.05, 0.1) is 23.5 Å².